The predicted molar refractivity (Wildman–Crippen MR) is 90.3 cm³/mol. The fraction of sp³-hybridized carbons (Fsp3) is 0.900. The average molecular weight is 350 g/mol. The molecule has 0 aromatic carbocycles. The van der Waals surface area contributed by atoms with Gasteiger partial charge in [-0.15, -0.1) is 0 Å². The van der Waals surface area contributed by atoms with Crippen LogP contribution < -0.4 is 0 Å². The van der Waals surface area contributed by atoms with E-state index in [0.717, 1.165) is 19.3 Å². The van der Waals surface area contributed by atoms with E-state index in [1.807, 2.05) is 0 Å². The van der Waals surface area contributed by atoms with E-state index in [0.29, 0.717) is 25.0 Å². The van der Waals surface area contributed by atoms with Crippen molar-refractivity contribution in [3.8, 4) is 0 Å². The van der Waals surface area contributed by atoms with Crippen LogP contribution >= 0.6 is 0 Å². The molecule has 2 aliphatic heterocycles. The fourth-order valence-electron chi connectivity index (χ4n) is 8.13. The van der Waals surface area contributed by atoms with Gasteiger partial charge >= 0.3 is 0 Å². The quantitative estimate of drug-likeness (QED) is 0.493. The Bertz CT molecular complexity index is 646. The molecule has 4 aliphatic carbocycles. The first-order chi connectivity index (χ1) is 11.6. The van der Waals surface area contributed by atoms with Crippen LogP contribution in [0.15, 0.2) is 12.2 Å². The Kier molecular flexibility index (Phi) is 3.01. The maximum absolute atomic E-state index is 11.6. The van der Waals surface area contributed by atoms with E-state index in [2.05, 4.69) is 20.4 Å². The molecule has 2 saturated heterocycles. The Hall–Kier alpha value is -0.460. The summed E-state index contributed by atoms with van der Waals surface area (Å²) in [6.07, 6.45) is 1.45. The lowest BCUT2D eigenvalue weighted by Crippen LogP contribution is -2.82. The molecular formula is C20H30O5. The molecular weight excluding hydrogens is 320 g/mol. The molecule has 9 atom stereocenters. The summed E-state index contributed by atoms with van der Waals surface area (Å²) in [4.78, 5) is 0. The van der Waals surface area contributed by atoms with Crippen molar-refractivity contribution in [2.45, 2.75) is 70.1 Å². The van der Waals surface area contributed by atoms with Gasteiger partial charge in [0, 0.05) is 17.3 Å². The minimum absolute atomic E-state index is 0.0628. The van der Waals surface area contributed by atoms with Gasteiger partial charge in [-0.2, -0.15) is 0 Å². The van der Waals surface area contributed by atoms with Crippen molar-refractivity contribution in [1.82, 2.24) is 0 Å². The van der Waals surface area contributed by atoms with E-state index in [1.165, 1.54) is 0 Å². The second-order valence-corrected chi connectivity index (χ2v) is 10.2. The lowest BCUT2D eigenvalue weighted by molar-refractivity contribution is -0.458. The van der Waals surface area contributed by atoms with Crippen molar-refractivity contribution in [1.29, 1.82) is 0 Å². The molecule has 140 valence electrons. The first kappa shape index (κ1) is 16.7. The predicted octanol–water partition coefficient (Wildman–Crippen LogP) is 1.20. The molecule has 25 heavy (non-hydrogen) atoms. The second kappa shape index (κ2) is 4.50. The smallest absolute Gasteiger partial charge is 0.201 e. The molecule has 4 saturated carbocycles. The van der Waals surface area contributed by atoms with Crippen molar-refractivity contribution in [3.05, 3.63) is 12.2 Å². The maximum atomic E-state index is 11.6. The molecule has 6 rings (SSSR count). The molecule has 6 aliphatic rings. The van der Waals surface area contributed by atoms with Gasteiger partial charge in [0.05, 0.1) is 24.2 Å². The highest BCUT2D eigenvalue weighted by molar-refractivity contribution is 5.35. The van der Waals surface area contributed by atoms with Crippen LogP contribution in [0.25, 0.3) is 0 Å². The first-order valence-corrected chi connectivity index (χ1v) is 9.71. The zero-order valence-electron chi connectivity index (χ0n) is 15.1. The topological polar surface area (TPSA) is 90.2 Å². The van der Waals surface area contributed by atoms with Crippen LogP contribution in [0.4, 0.5) is 0 Å². The molecule has 2 heterocycles. The molecule has 5 nitrogen and oxygen atoms in total. The molecule has 4 bridgehead atoms. The number of aliphatic hydroxyl groups excluding tert-OH is 3. The van der Waals surface area contributed by atoms with E-state index >= 15 is 0 Å². The van der Waals surface area contributed by atoms with Gasteiger partial charge in [-0.3, -0.25) is 0 Å². The van der Waals surface area contributed by atoms with Crippen molar-refractivity contribution in [3.63, 3.8) is 0 Å². The summed E-state index contributed by atoms with van der Waals surface area (Å²) < 4.78 is 6.00. The van der Waals surface area contributed by atoms with Gasteiger partial charge in [0.1, 0.15) is 6.10 Å². The van der Waals surface area contributed by atoms with E-state index in [-0.39, 0.29) is 28.6 Å². The Morgan fingerprint density at radius 3 is 2.60 bits per heavy atom. The minimum atomic E-state index is -1.77. The van der Waals surface area contributed by atoms with E-state index in [4.69, 9.17) is 4.74 Å². The zero-order chi connectivity index (χ0) is 18.0. The summed E-state index contributed by atoms with van der Waals surface area (Å²) in [5, 5.41) is 44.9. The van der Waals surface area contributed by atoms with E-state index in [1.54, 1.807) is 0 Å². The molecule has 0 aromatic rings. The second-order valence-electron chi connectivity index (χ2n) is 10.2. The summed E-state index contributed by atoms with van der Waals surface area (Å²) in [6.45, 7) is 8.77. The van der Waals surface area contributed by atoms with Crippen LogP contribution in [0.5, 0.6) is 0 Å². The molecule has 2 spiro atoms. The average Bonchev–Trinajstić information content (AvgIpc) is 2.76. The minimum Gasteiger partial charge on any atom is -0.392 e. The van der Waals surface area contributed by atoms with Crippen molar-refractivity contribution in [2.75, 3.05) is 6.61 Å². The Labute approximate surface area is 148 Å². The van der Waals surface area contributed by atoms with Gasteiger partial charge in [0.2, 0.25) is 5.79 Å². The maximum Gasteiger partial charge on any atom is 0.201 e. The number of hydrogen-bond acceptors (Lipinski definition) is 5. The van der Waals surface area contributed by atoms with Crippen molar-refractivity contribution in [2.24, 2.45) is 34.0 Å². The number of rotatable bonds is 0. The molecule has 6 fully saturated rings. The van der Waals surface area contributed by atoms with E-state index in [9.17, 15) is 20.4 Å². The molecule has 5 heteroatoms. The highest BCUT2D eigenvalue weighted by Crippen LogP contribution is 2.77. The Balaban J connectivity index is 1.75. The third-order valence-corrected chi connectivity index (χ3v) is 9.00. The van der Waals surface area contributed by atoms with Gasteiger partial charge in [0.15, 0.2) is 0 Å². The van der Waals surface area contributed by atoms with Gasteiger partial charge in [-0.05, 0) is 42.6 Å². The first-order valence-electron chi connectivity index (χ1n) is 9.71. The third kappa shape index (κ3) is 1.53. The van der Waals surface area contributed by atoms with Crippen LogP contribution in [0.3, 0.4) is 0 Å². The molecule has 0 radical (unpaired) electrons. The highest BCUT2D eigenvalue weighted by Gasteiger charge is 2.83. The van der Waals surface area contributed by atoms with Gasteiger partial charge in [0.25, 0.3) is 0 Å². The lowest BCUT2D eigenvalue weighted by atomic mass is 9.36. The number of aliphatic hydroxyl groups is 4. The molecule has 0 amide bonds. The zero-order valence-corrected chi connectivity index (χ0v) is 15.1. The summed E-state index contributed by atoms with van der Waals surface area (Å²) >= 11 is 0. The van der Waals surface area contributed by atoms with Crippen molar-refractivity contribution < 1.29 is 25.2 Å². The standard InChI is InChI=1S/C20H30O5/c1-10-11-8-19(15(10)22)13(7-12(11)21)18-6-4-5-17(2,3)14(18)16(23)20(19,24)25-9-18/h11-16,21-24H,1,4-9H2,2-3H3/t11-,12-,13+,14-,15-,16+,18-,19+,20+/m1/s1. The van der Waals surface area contributed by atoms with Gasteiger partial charge in [-0.1, -0.05) is 26.8 Å². The van der Waals surface area contributed by atoms with Crippen LogP contribution in [0, 0.1) is 34.0 Å². The Morgan fingerprint density at radius 1 is 1.16 bits per heavy atom. The third-order valence-electron chi connectivity index (χ3n) is 9.00. The van der Waals surface area contributed by atoms with Crippen LogP contribution in [0.1, 0.15) is 46.0 Å². The largest absolute Gasteiger partial charge is 0.392 e. The fourth-order valence-corrected chi connectivity index (χ4v) is 8.13. The van der Waals surface area contributed by atoms with Gasteiger partial charge < -0.3 is 25.2 Å². The number of ether oxygens (including phenoxy) is 1. The van der Waals surface area contributed by atoms with Crippen molar-refractivity contribution >= 4 is 0 Å². The summed E-state index contributed by atoms with van der Waals surface area (Å²) in [5.41, 5.74) is -0.771. The lowest BCUT2D eigenvalue weighted by Gasteiger charge is -2.74. The normalized spacial score (nSPS) is 61.8. The molecule has 4 N–H and O–H groups in total. The summed E-state index contributed by atoms with van der Waals surface area (Å²) in [5.74, 6) is -2.15. The highest BCUT2D eigenvalue weighted by atomic mass is 16.6. The van der Waals surface area contributed by atoms with Crippen LogP contribution in [-0.4, -0.2) is 51.1 Å². The van der Waals surface area contributed by atoms with Crippen LogP contribution in [0.2, 0.25) is 0 Å². The van der Waals surface area contributed by atoms with Gasteiger partial charge in [-0.25, -0.2) is 0 Å². The summed E-state index contributed by atoms with van der Waals surface area (Å²) in [6, 6.07) is 0. The summed E-state index contributed by atoms with van der Waals surface area (Å²) in [7, 11) is 0. The van der Waals surface area contributed by atoms with E-state index < -0.39 is 29.5 Å². The number of hydrogen-bond donors (Lipinski definition) is 4. The Morgan fingerprint density at radius 2 is 1.88 bits per heavy atom. The monoisotopic (exact) mass is 350 g/mol. The molecule has 0 aromatic heterocycles. The molecule has 0 unspecified atom stereocenters. The van der Waals surface area contributed by atoms with Crippen LogP contribution in [-0.2, 0) is 4.74 Å². The number of fused-ring (bicyclic) bond motifs is 2. The SMILES string of the molecule is C=C1[C@H]2C[C@@]3([C@@H]1O)[C@@H](C[C@H]2O)[C@]12CCCC(C)(C)[C@H]1[C@H](O)[C@]3(O)OC2.